The van der Waals surface area contributed by atoms with E-state index in [0.717, 1.165) is 0 Å². The molecule has 1 N–H and O–H groups in total. The van der Waals surface area contributed by atoms with Crippen molar-refractivity contribution >= 4 is 44.5 Å². The lowest BCUT2D eigenvalue weighted by molar-refractivity contribution is 0.579. The average molecular weight is 350 g/mol. The Labute approximate surface area is 132 Å². The Morgan fingerprint density at radius 1 is 1.33 bits per heavy atom. The van der Waals surface area contributed by atoms with Crippen LogP contribution in [0, 0.1) is 0 Å². The number of hydrogen-bond acceptors (Lipinski definition) is 6. The molecule has 2 rings (SSSR count). The van der Waals surface area contributed by atoms with Gasteiger partial charge in [0.2, 0.25) is 20.1 Å². The summed E-state index contributed by atoms with van der Waals surface area (Å²) in [5.41, 5.74) is 0.280. The van der Waals surface area contributed by atoms with Gasteiger partial charge in [-0.05, 0) is 25.4 Å². The van der Waals surface area contributed by atoms with Crippen LogP contribution in [0.3, 0.4) is 0 Å². The van der Waals surface area contributed by atoms with E-state index in [2.05, 4.69) is 20.4 Å². The molecule has 2 aromatic rings. The highest BCUT2D eigenvalue weighted by atomic mass is 35.5. The first-order valence-electron chi connectivity index (χ1n) is 5.94. The summed E-state index contributed by atoms with van der Waals surface area (Å²) in [7, 11) is -1.92. The van der Waals surface area contributed by atoms with E-state index >= 15 is 0 Å². The van der Waals surface area contributed by atoms with E-state index in [1.54, 1.807) is 20.9 Å². The quantitative estimate of drug-likeness (QED) is 0.852. The third-order valence-electron chi connectivity index (χ3n) is 2.65. The fraction of sp³-hybridized carbons (Fsp3) is 0.364. The minimum Gasteiger partial charge on any atom is -0.335 e. The van der Waals surface area contributed by atoms with Gasteiger partial charge in [0, 0.05) is 13.2 Å². The monoisotopic (exact) mass is 349 g/mol. The van der Waals surface area contributed by atoms with Crippen molar-refractivity contribution in [3.63, 3.8) is 0 Å². The molecule has 114 valence electrons. The maximum atomic E-state index is 12.3. The van der Waals surface area contributed by atoms with E-state index in [9.17, 15) is 8.42 Å². The molecular formula is C11H13Cl2N5O2S. The van der Waals surface area contributed by atoms with Crippen LogP contribution in [0.2, 0.25) is 10.3 Å². The van der Waals surface area contributed by atoms with Crippen molar-refractivity contribution < 1.29 is 8.42 Å². The van der Waals surface area contributed by atoms with Crippen LogP contribution in [-0.4, -0.2) is 33.4 Å². The number of sulfone groups is 1. The summed E-state index contributed by atoms with van der Waals surface area (Å²) in [6.07, 6.45) is 2.85. The van der Waals surface area contributed by atoms with E-state index in [1.807, 2.05) is 0 Å². The standard InChI is InChI=1S/C11H13Cl2N5O2S/c1-6(2)21(19,20)10-8(5-18(3)17-10)15-9-7(12)4-14-11(13)16-9/h4-6H,1-3H3,(H,14,15,16). The Hall–Kier alpha value is -1.38. The van der Waals surface area contributed by atoms with Crippen LogP contribution in [0.25, 0.3) is 0 Å². The number of anilines is 2. The molecule has 0 spiro atoms. The van der Waals surface area contributed by atoms with Crippen LogP contribution in [0.4, 0.5) is 11.5 Å². The third kappa shape index (κ3) is 3.28. The molecule has 0 saturated heterocycles. The first kappa shape index (κ1) is 16.0. The zero-order valence-corrected chi connectivity index (χ0v) is 13.8. The minimum atomic E-state index is -3.54. The molecule has 2 heterocycles. The van der Waals surface area contributed by atoms with Gasteiger partial charge in [0.25, 0.3) is 0 Å². The van der Waals surface area contributed by atoms with Crippen LogP contribution >= 0.6 is 23.2 Å². The Morgan fingerprint density at radius 2 is 2.00 bits per heavy atom. The van der Waals surface area contributed by atoms with Crippen LogP contribution in [-0.2, 0) is 16.9 Å². The molecule has 0 aliphatic heterocycles. The number of hydrogen-bond donors (Lipinski definition) is 1. The number of halogens is 2. The second kappa shape index (κ2) is 5.78. The summed E-state index contributed by atoms with van der Waals surface area (Å²) in [5.74, 6) is 0.213. The molecule has 10 heteroatoms. The fourth-order valence-electron chi connectivity index (χ4n) is 1.55. The summed E-state index contributed by atoms with van der Waals surface area (Å²) >= 11 is 11.7. The van der Waals surface area contributed by atoms with Gasteiger partial charge < -0.3 is 5.32 Å². The molecule has 0 fully saturated rings. The van der Waals surface area contributed by atoms with Gasteiger partial charge in [-0.2, -0.15) is 10.1 Å². The predicted molar refractivity (Wildman–Crippen MR) is 80.9 cm³/mol. The van der Waals surface area contributed by atoms with Gasteiger partial charge in [-0.3, -0.25) is 4.68 Å². The van der Waals surface area contributed by atoms with E-state index in [-0.39, 0.29) is 26.8 Å². The second-order valence-electron chi connectivity index (χ2n) is 4.58. The third-order valence-corrected chi connectivity index (χ3v) is 5.19. The Balaban J connectivity index is 2.49. The van der Waals surface area contributed by atoms with Crippen LogP contribution in [0.1, 0.15) is 13.8 Å². The van der Waals surface area contributed by atoms with Gasteiger partial charge in [0.1, 0.15) is 5.02 Å². The normalized spacial score (nSPS) is 11.9. The van der Waals surface area contributed by atoms with Crippen molar-refractivity contribution in [2.45, 2.75) is 24.1 Å². The first-order chi connectivity index (χ1) is 9.71. The van der Waals surface area contributed by atoms with E-state index in [1.165, 1.54) is 17.1 Å². The van der Waals surface area contributed by atoms with E-state index in [4.69, 9.17) is 23.2 Å². The largest absolute Gasteiger partial charge is 0.335 e. The molecule has 21 heavy (non-hydrogen) atoms. The maximum absolute atomic E-state index is 12.3. The lowest BCUT2D eigenvalue weighted by Gasteiger charge is -2.09. The number of rotatable bonds is 4. The minimum absolute atomic E-state index is 0.000873. The summed E-state index contributed by atoms with van der Waals surface area (Å²) in [6.45, 7) is 3.17. The number of nitrogens with zero attached hydrogens (tertiary/aromatic N) is 4. The molecule has 7 nitrogen and oxygen atoms in total. The Morgan fingerprint density at radius 3 is 2.62 bits per heavy atom. The topological polar surface area (TPSA) is 89.8 Å². The summed E-state index contributed by atoms with van der Waals surface area (Å²) < 4.78 is 26.0. The average Bonchev–Trinajstić information content (AvgIpc) is 2.75. The van der Waals surface area contributed by atoms with Crippen LogP contribution < -0.4 is 5.32 Å². The fourth-order valence-corrected chi connectivity index (χ4v) is 2.92. The maximum Gasteiger partial charge on any atom is 0.224 e. The lowest BCUT2D eigenvalue weighted by atomic mass is 10.5. The van der Waals surface area contributed by atoms with Crippen molar-refractivity contribution in [3.05, 3.63) is 22.7 Å². The lowest BCUT2D eigenvalue weighted by Crippen LogP contribution is -2.16. The molecule has 0 radical (unpaired) electrons. The summed E-state index contributed by atoms with van der Waals surface area (Å²) in [4.78, 5) is 7.65. The molecule has 2 aromatic heterocycles. The Bertz CT molecular complexity index is 773. The highest BCUT2D eigenvalue weighted by Gasteiger charge is 2.27. The summed E-state index contributed by atoms with van der Waals surface area (Å²) in [5, 5.41) is 6.39. The molecule has 0 aliphatic carbocycles. The molecule has 0 saturated carbocycles. The molecule has 0 unspecified atom stereocenters. The van der Waals surface area contributed by atoms with E-state index < -0.39 is 15.1 Å². The van der Waals surface area contributed by atoms with Crippen molar-refractivity contribution in [3.8, 4) is 0 Å². The van der Waals surface area contributed by atoms with Gasteiger partial charge in [0.15, 0.2) is 5.82 Å². The van der Waals surface area contributed by atoms with Gasteiger partial charge in [-0.25, -0.2) is 13.4 Å². The SMILES string of the molecule is CC(C)S(=O)(=O)c1nn(C)cc1Nc1nc(Cl)ncc1Cl. The van der Waals surface area contributed by atoms with Crippen molar-refractivity contribution in [2.24, 2.45) is 7.05 Å². The number of nitrogens with one attached hydrogen (secondary N) is 1. The zero-order valence-electron chi connectivity index (χ0n) is 11.5. The van der Waals surface area contributed by atoms with E-state index in [0.29, 0.717) is 0 Å². The smallest absolute Gasteiger partial charge is 0.224 e. The first-order valence-corrected chi connectivity index (χ1v) is 8.24. The molecular weight excluding hydrogens is 337 g/mol. The van der Waals surface area contributed by atoms with Gasteiger partial charge in [0.05, 0.1) is 17.1 Å². The van der Waals surface area contributed by atoms with Crippen LogP contribution in [0.5, 0.6) is 0 Å². The molecule has 0 aliphatic rings. The van der Waals surface area contributed by atoms with Gasteiger partial charge >= 0.3 is 0 Å². The highest BCUT2D eigenvalue weighted by molar-refractivity contribution is 7.92. The number of aromatic nitrogens is 4. The predicted octanol–water partition coefficient (Wildman–Crippen LogP) is 2.44. The van der Waals surface area contributed by atoms with Gasteiger partial charge in [-0.15, -0.1) is 0 Å². The summed E-state index contributed by atoms with van der Waals surface area (Å²) in [6, 6.07) is 0. The Kier molecular flexibility index (Phi) is 4.40. The number of aryl methyl sites for hydroxylation is 1. The zero-order chi connectivity index (χ0) is 15.8. The highest BCUT2D eigenvalue weighted by Crippen LogP contribution is 2.29. The van der Waals surface area contributed by atoms with Gasteiger partial charge in [-0.1, -0.05) is 11.6 Å². The second-order valence-corrected chi connectivity index (χ2v) is 7.74. The van der Waals surface area contributed by atoms with Crippen molar-refractivity contribution in [1.29, 1.82) is 0 Å². The molecule has 0 aromatic carbocycles. The molecule has 0 atom stereocenters. The van der Waals surface area contributed by atoms with Crippen LogP contribution in [0.15, 0.2) is 17.4 Å². The van der Waals surface area contributed by atoms with Crippen molar-refractivity contribution in [2.75, 3.05) is 5.32 Å². The molecule has 0 bridgehead atoms. The van der Waals surface area contributed by atoms with Crippen molar-refractivity contribution in [1.82, 2.24) is 19.7 Å². The molecule has 0 amide bonds.